The maximum absolute atomic E-state index is 12.8. The Morgan fingerprint density at radius 3 is 3.07 bits per heavy atom. The Bertz CT molecular complexity index is 821. The van der Waals surface area contributed by atoms with E-state index < -0.39 is 0 Å². The van der Waals surface area contributed by atoms with Gasteiger partial charge in [0, 0.05) is 43.2 Å². The lowest BCUT2D eigenvalue weighted by atomic mass is 10.0. The molecule has 7 heteroatoms. The van der Waals surface area contributed by atoms with Gasteiger partial charge in [-0.2, -0.15) is 0 Å². The van der Waals surface area contributed by atoms with Crippen LogP contribution in [0.15, 0.2) is 23.7 Å². The van der Waals surface area contributed by atoms with Crippen LogP contribution in [0.4, 0.5) is 0 Å². The molecule has 2 aliphatic rings. The normalized spacial score (nSPS) is 22.2. The fraction of sp³-hybridized carbons (Fsp3) is 0.524. The van der Waals surface area contributed by atoms with Gasteiger partial charge in [-0.3, -0.25) is 14.7 Å². The minimum atomic E-state index is -0.0784. The number of carbonyl (C=O) groups is 1. The largest absolute Gasteiger partial charge is 0.377 e. The summed E-state index contributed by atoms with van der Waals surface area (Å²) in [6, 6.07) is 4.20. The Morgan fingerprint density at radius 1 is 1.43 bits per heavy atom. The van der Waals surface area contributed by atoms with E-state index in [-0.39, 0.29) is 18.1 Å². The predicted octanol–water partition coefficient (Wildman–Crippen LogP) is 2.41. The summed E-state index contributed by atoms with van der Waals surface area (Å²) in [5.41, 5.74) is 4.37. The van der Waals surface area contributed by atoms with E-state index in [9.17, 15) is 4.79 Å². The van der Waals surface area contributed by atoms with Gasteiger partial charge in [0.1, 0.15) is 6.10 Å². The minimum Gasteiger partial charge on any atom is -0.377 e. The summed E-state index contributed by atoms with van der Waals surface area (Å²) >= 11 is 1.68. The maximum atomic E-state index is 12.8. The van der Waals surface area contributed by atoms with E-state index in [1.54, 1.807) is 18.4 Å². The quantitative estimate of drug-likeness (QED) is 0.805. The van der Waals surface area contributed by atoms with Gasteiger partial charge < -0.3 is 14.8 Å². The number of hydrogen-bond acceptors (Lipinski definition) is 6. The Labute approximate surface area is 169 Å². The Kier molecular flexibility index (Phi) is 6.06. The van der Waals surface area contributed by atoms with Crippen molar-refractivity contribution in [3.8, 4) is 0 Å². The highest BCUT2D eigenvalue weighted by atomic mass is 32.1. The molecule has 0 spiro atoms. The van der Waals surface area contributed by atoms with Crippen LogP contribution >= 0.6 is 11.3 Å². The molecule has 0 aromatic carbocycles. The number of aryl methyl sites for hydroxylation is 1. The third-order valence-electron chi connectivity index (χ3n) is 5.60. The van der Waals surface area contributed by atoms with Gasteiger partial charge in [-0.05, 0) is 30.0 Å². The number of methoxy groups -OCH3 is 1. The van der Waals surface area contributed by atoms with Crippen LogP contribution in [-0.2, 0) is 35.4 Å². The molecule has 2 atom stereocenters. The molecular weight excluding hydrogens is 374 g/mol. The Balaban J connectivity index is 1.39. The first-order valence-corrected chi connectivity index (χ1v) is 10.7. The molecule has 0 radical (unpaired) electrons. The van der Waals surface area contributed by atoms with Crippen LogP contribution in [0.2, 0.25) is 0 Å². The molecule has 6 nitrogen and oxygen atoms in total. The number of amides is 1. The van der Waals surface area contributed by atoms with Gasteiger partial charge in [-0.15, -0.1) is 11.3 Å². The molecule has 4 heterocycles. The third-order valence-corrected chi connectivity index (χ3v) is 6.61. The first-order valence-electron chi connectivity index (χ1n) is 9.84. The summed E-state index contributed by atoms with van der Waals surface area (Å²) in [4.78, 5) is 21.1. The fourth-order valence-electron chi connectivity index (χ4n) is 3.84. The number of nitrogens with one attached hydrogen (secondary N) is 1. The lowest BCUT2D eigenvalue weighted by Gasteiger charge is -2.27. The molecule has 1 saturated heterocycles. The summed E-state index contributed by atoms with van der Waals surface area (Å²) in [5, 5.41) is 5.08. The monoisotopic (exact) mass is 401 g/mol. The van der Waals surface area contributed by atoms with Crippen molar-refractivity contribution in [2.24, 2.45) is 0 Å². The van der Waals surface area contributed by atoms with Crippen molar-refractivity contribution in [3.05, 3.63) is 51.0 Å². The van der Waals surface area contributed by atoms with Crippen molar-refractivity contribution in [1.29, 1.82) is 0 Å². The van der Waals surface area contributed by atoms with Crippen LogP contribution in [-0.4, -0.2) is 54.8 Å². The zero-order valence-corrected chi connectivity index (χ0v) is 17.3. The molecule has 1 amide bonds. The number of ether oxygens (including phenoxy) is 2. The molecule has 1 N–H and O–H groups in total. The van der Waals surface area contributed by atoms with E-state index >= 15 is 0 Å². The number of aromatic nitrogens is 1. The van der Waals surface area contributed by atoms with Crippen LogP contribution in [0.1, 0.15) is 39.0 Å². The van der Waals surface area contributed by atoms with Gasteiger partial charge >= 0.3 is 0 Å². The molecule has 2 aromatic heterocycles. The van der Waals surface area contributed by atoms with E-state index in [4.69, 9.17) is 9.47 Å². The van der Waals surface area contributed by atoms with Crippen molar-refractivity contribution in [2.75, 3.05) is 26.9 Å². The summed E-state index contributed by atoms with van der Waals surface area (Å²) in [6.45, 7) is 5.84. The molecular formula is C21H27N3O3S. The molecule has 28 heavy (non-hydrogen) atoms. The number of fused-ring (bicyclic) bond motifs is 1. The molecule has 0 bridgehead atoms. The highest BCUT2D eigenvalue weighted by Crippen LogP contribution is 2.29. The summed E-state index contributed by atoms with van der Waals surface area (Å²) in [6.07, 6.45) is 3.81. The molecule has 0 aliphatic carbocycles. The number of nitrogens with zero attached hydrogens (tertiary/aromatic N) is 2. The first kappa shape index (κ1) is 19.5. The Morgan fingerprint density at radius 2 is 2.32 bits per heavy atom. The molecule has 0 unspecified atom stereocenters. The van der Waals surface area contributed by atoms with Crippen molar-refractivity contribution >= 4 is 17.2 Å². The van der Waals surface area contributed by atoms with Crippen LogP contribution in [0.25, 0.3) is 0 Å². The van der Waals surface area contributed by atoms with Gasteiger partial charge in [-0.1, -0.05) is 13.0 Å². The smallest absolute Gasteiger partial charge is 0.252 e. The minimum absolute atomic E-state index is 0.0136. The van der Waals surface area contributed by atoms with Crippen molar-refractivity contribution in [3.63, 3.8) is 0 Å². The highest BCUT2D eigenvalue weighted by molar-refractivity contribution is 7.10. The van der Waals surface area contributed by atoms with E-state index in [0.29, 0.717) is 13.2 Å². The number of carbonyl (C=O) groups excluding carboxylic acids is 1. The number of thiophene rings is 1. The van der Waals surface area contributed by atoms with Gasteiger partial charge in [0.05, 0.1) is 30.5 Å². The molecule has 2 aromatic rings. The fourth-order valence-corrected chi connectivity index (χ4v) is 4.96. The van der Waals surface area contributed by atoms with Crippen LogP contribution in [0, 0.1) is 0 Å². The van der Waals surface area contributed by atoms with Crippen LogP contribution in [0.5, 0.6) is 0 Å². The van der Waals surface area contributed by atoms with E-state index in [0.717, 1.165) is 43.7 Å². The van der Waals surface area contributed by atoms with E-state index in [1.807, 2.05) is 11.6 Å². The summed E-state index contributed by atoms with van der Waals surface area (Å²) in [7, 11) is 1.66. The number of rotatable bonds is 6. The topological polar surface area (TPSA) is 63.7 Å². The van der Waals surface area contributed by atoms with Gasteiger partial charge in [0.25, 0.3) is 5.91 Å². The van der Waals surface area contributed by atoms with Gasteiger partial charge in [0.2, 0.25) is 0 Å². The van der Waals surface area contributed by atoms with E-state index in [2.05, 4.69) is 34.3 Å². The van der Waals surface area contributed by atoms with Gasteiger partial charge in [-0.25, -0.2) is 0 Å². The van der Waals surface area contributed by atoms with Crippen molar-refractivity contribution in [1.82, 2.24) is 15.2 Å². The van der Waals surface area contributed by atoms with E-state index in [1.165, 1.54) is 16.0 Å². The van der Waals surface area contributed by atoms with Crippen molar-refractivity contribution < 1.29 is 14.3 Å². The summed E-state index contributed by atoms with van der Waals surface area (Å²) < 4.78 is 10.8. The molecule has 4 rings (SSSR count). The maximum Gasteiger partial charge on any atom is 0.252 e. The average Bonchev–Trinajstić information content (AvgIpc) is 3.34. The van der Waals surface area contributed by atoms with Crippen LogP contribution in [0.3, 0.4) is 0 Å². The zero-order valence-electron chi connectivity index (χ0n) is 16.4. The standard InChI is InChI=1S/C21H27N3O3S/c1-3-14-4-5-15(22-8-14)9-24-7-6-16-17(13-28-20(16)10-24)21(25)23-18-11-27-12-19(18)26-2/h4-5,8,13,18-19H,3,6-7,9-12H2,1-2H3,(H,23,25)/t18-,19-/m0/s1. The SMILES string of the molecule is CCc1ccc(CN2CCc3c(C(=O)N[C@H]4COC[C@@H]4OC)csc3C2)nc1. The summed E-state index contributed by atoms with van der Waals surface area (Å²) in [5.74, 6) is -0.0136. The predicted molar refractivity (Wildman–Crippen MR) is 109 cm³/mol. The van der Waals surface area contributed by atoms with Crippen molar-refractivity contribution in [2.45, 2.75) is 45.0 Å². The molecule has 1 fully saturated rings. The molecule has 0 saturated carbocycles. The lowest BCUT2D eigenvalue weighted by molar-refractivity contribution is 0.0685. The second-order valence-electron chi connectivity index (χ2n) is 7.41. The number of hydrogen-bond donors (Lipinski definition) is 1. The molecule has 2 aliphatic heterocycles. The Hall–Kier alpha value is -1.80. The highest BCUT2D eigenvalue weighted by Gasteiger charge is 2.31. The number of pyridine rings is 1. The first-order chi connectivity index (χ1) is 13.7. The third kappa shape index (κ3) is 4.12. The second-order valence-corrected chi connectivity index (χ2v) is 8.38. The average molecular weight is 402 g/mol. The lowest BCUT2D eigenvalue weighted by Crippen LogP contribution is -2.43. The zero-order chi connectivity index (χ0) is 19.5. The van der Waals surface area contributed by atoms with Crippen LogP contribution < -0.4 is 5.32 Å². The molecule has 150 valence electrons. The van der Waals surface area contributed by atoms with Gasteiger partial charge in [0.15, 0.2) is 0 Å². The second kappa shape index (κ2) is 8.69.